The minimum atomic E-state index is -0.263. The first kappa shape index (κ1) is 14.0. The number of allylic oxidation sites excluding steroid dienone is 2. The number of fused-ring (bicyclic) bond motifs is 1. The van der Waals surface area contributed by atoms with Crippen LogP contribution in [0.25, 0.3) is 0 Å². The van der Waals surface area contributed by atoms with Crippen LogP contribution < -0.4 is 0 Å². The van der Waals surface area contributed by atoms with Crippen molar-refractivity contribution in [2.75, 3.05) is 6.54 Å². The fourth-order valence-electron chi connectivity index (χ4n) is 2.98. The lowest BCUT2D eigenvalue weighted by molar-refractivity contribution is 0.00578. The van der Waals surface area contributed by atoms with E-state index in [2.05, 4.69) is 63.9 Å². The molecule has 0 N–H and O–H groups in total. The topological polar surface area (TPSA) is 21.7 Å². The van der Waals surface area contributed by atoms with E-state index in [-0.39, 0.29) is 18.3 Å². The van der Waals surface area contributed by atoms with Crippen molar-refractivity contribution in [1.29, 1.82) is 0 Å². The van der Waals surface area contributed by atoms with Crippen molar-refractivity contribution in [2.45, 2.75) is 58.3 Å². The van der Waals surface area contributed by atoms with E-state index in [0.29, 0.717) is 6.04 Å². The standard InChI is InChI=1S/C16H24BNO2/c1-6-18-10-9-12-7-8-13(11-14(12)18)17-19-15(2,3)16(4,5)20-17/h7-10,14H,6,11H2,1-5H3. The largest absolute Gasteiger partial charge is 0.490 e. The summed E-state index contributed by atoms with van der Waals surface area (Å²) in [5.74, 6) is 0. The molecular weight excluding hydrogens is 249 g/mol. The second-order valence-electron chi connectivity index (χ2n) is 6.86. The van der Waals surface area contributed by atoms with Gasteiger partial charge in [-0.05, 0) is 64.4 Å². The maximum Gasteiger partial charge on any atom is 0.490 e. The van der Waals surface area contributed by atoms with Gasteiger partial charge in [0.15, 0.2) is 0 Å². The molecule has 20 heavy (non-hydrogen) atoms. The molecule has 0 saturated carbocycles. The summed E-state index contributed by atoms with van der Waals surface area (Å²) in [6.45, 7) is 11.6. The maximum absolute atomic E-state index is 6.16. The molecular formula is C16H24BNO2. The number of rotatable bonds is 2. The first-order valence-corrected chi connectivity index (χ1v) is 7.54. The van der Waals surface area contributed by atoms with Crippen molar-refractivity contribution in [3.8, 4) is 0 Å². The highest BCUT2D eigenvalue weighted by Crippen LogP contribution is 2.41. The van der Waals surface area contributed by atoms with Gasteiger partial charge in [-0.25, -0.2) is 0 Å². The van der Waals surface area contributed by atoms with Gasteiger partial charge in [0, 0.05) is 6.54 Å². The van der Waals surface area contributed by atoms with E-state index >= 15 is 0 Å². The molecule has 1 atom stereocenters. The number of hydrogen-bond acceptors (Lipinski definition) is 3. The van der Waals surface area contributed by atoms with Gasteiger partial charge in [-0.3, -0.25) is 0 Å². The first-order chi connectivity index (χ1) is 9.34. The smallest absolute Gasteiger partial charge is 0.400 e. The van der Waals surface area contributed by atoms with Gasteiger partial charge in [-0.2, -0.15) is 0 Å². The number of nitrogens with zero attached hydrogens (tertiary/aromatic N) is 1. The van der Waals surface area contributed by atoms with Crippen molar-refractivity contribution in [1.82, 2.24) is 4.90 Å². The van der Waals surface area contributed by atoms with E-state index in [1.54, 1.807) is 0 Å². The Morgan fingerprint density at radius 2 is 1.85 bits per heavy atom. The van der Waals surface area contributed by atoms with Crippen LogP contribution in [0.1, 0.15) is 41.0 Å². The molecule has 2 heterocycles. The Kier molecular flexibility index (Phi) is 3.14. The Bertz CT molecular complexity index is 489. The average molecular weight is 273 g/mol. The molecule has 2 aliphatic heterocycles. The summed E-state index contributed by atoms with van der Waals surface area (Å²) in [5.41, 5.74) is 2.12. The molecule has 0 aromatic carbocycles. The van der Waals surface area contributed by atoms with Crippen LogP contribution in [0, 0.1) is 0 Å². The minimum absolute atomic E-state index is 0.211. The van der Waals surface area contributed by atoms with Crippen molar-refractivity contribution >= 4 is 7.12 Å². The molecule has 1 aliphatic carbocycles. The Labute approximate surface area is 122 Å². The van der Waals surface area contributed by atoms with Crippen LogP contribution in [0.4, 0.5) is 0 Å². The fourth-order valence-corrected chi connectivity index (χ4v) is 2.98. The molecule has 0 aromatic rings. The van der Waals surface area contributed by atoms with Gasteiger partial charge in [0.2, 0.25) is 0 Å². The van der Waals surface area contributed by atoms with Gasteiger partial charge < -0.3 is 14.2 Å². The molecule has 0 radical (unpaired) electrons. The summed E-state index contributed by atoms with van der Waals surface area (Å²) >= 11 is 0. The summed E-state index contributed by atoms with van der Waals surface area (Å²) in [4.78, 5) is 2.38. The van der Waals surface area contributed by atoms with Gasteiger partial charge in [0.05, 0.1) is 17.2 Å². The van der Waals surface area contributed by atoms with Crippen molar-refractivity contribution < 1.29 is 9.31 Å². The van der Waals surface area contributed by atoms with Gasteiger partial charge in [-0.15, -0.1) is 0 Å². The van der Waals surface area contributed by atoms with Crippen LogP contribution in [-0.4, -0.2) is 35.8 Å². The fraction of sp³-hybridized carbons (Fsp3) is 0.625. The predicted octanol–water partition coefficient (Wildman–Crippen LogP) is 3.09. The van der Waals surface area contributed by atoms with Gasteiger partial charge in [-0.1, -0.05) is 12.2 Å². The Balaban J connectivity index is 1.79. The minimum Gasteiger partial charge on any atom is -0.400 e. The molecule has 3 aliphatic rings. The summed E-state index contributed by atoms with van der Waals surface area (Å²) in [6, 6.07) is 0.457. The third-order valence-electron chi connectivity index (χ3n) is 5.08. The second-order valence-corrected chi connectivity index (χ2v) is 6.86. The summed E-state index contributed by atoms with van der Waals surface area (Å²) < 4.78 is 12.3. The van der Waals surface area contributed by atoms with Crippen LogP contribution >= 0.6 is 0 Å². The lowest BCUT2D eigenvalue weighted by Gasteiger charge is -2.32. The van der Waals surface area contributed by atoms with E-state index in [0.717, 1.165) is 13.0 Å². The van der Waals surface area contributed by atoms with Gasteiger partial charge in [0.1, 0.15) is 0 Å². The summed E-state index contributed by atoms with van der Waals surface area (Å²) in [7, 11) is -0.211. The molecule has 0 amide bonds. The molecule has 108 valence electrons. The third kappa shape index (κ3) is 2.06. The van der Waals surface area contributed by atoms with Crippen LogP contribution in [0.3, 0.4) is 0 Å². The monoisotopic (exact) mass is 273 g/mol. The van der Waals surface area contributed by atoms with E-state index in [1.807, 2.05) is 0 Å². The van der Waals surface area contributed by atoms with E-state index in [1.165, 1.54) is 11.0 Å². The summed E-state index contributed by atoms with van der Waals surface area (Å²) in [5, 5.41) is 0. The number of likely N-dealkylation sites (N-methyl/N-ethyl adjacent to an activating group) is 1. The van der Waals surface area contributed by atoms with Crippen molar-refractivity contribution in [3.63, 3.8) is 0 Å². The Morgan fingerprint density at radius 3 is 2.45 bits per heavy atom. The maximum atomic E-state index is 6.16. The van der Waals surface area contributed by atoms with E-state index < -0.39 is 0 Å². The lowest BCUT2D eigenvalue weighted by atomic mass is 9.71. The highest BCUT2D eigenvalue weighted by atomic mass is 16.7. The molecule has 1 unspecified atom stereocenters. The van der Waals surface area contributed by atoms with Gasteiger partial charge >= 0.3 is 7.12 Å². The van der Waals surface area contributed by atoms with Crippen molar-refractivity contribution in [3.05, 3.63) is 35.5 Å². The zero-order chi connectivity index (χ0) is 14.5. The zero-order valence-electron chi connectivity index (χ0n) is 13.1. The summed E-state index contributed by atoms with van der Waals surface area (Å²) in [6.07, 6.45) is 9.78. The molecule has 3 rings (SSSR count). The molecule has 1 fully saturated rings. The molecule has 1 saturated heterocycles. The van der Waals surface area contributed by atoms with Crippen LogP contribution in [-0.2, 0) is 9.31 Å². The molecule has 4 heteroatoms. The molecule has 3 nitrogen and oxygen atoms in total. The lowest BCUT2D eigenvalue weighted by Crippen LogP contribution is -2.41. The molecule has 0 aromatic heterocycles. The molecule has 0 spiro atoms. The average Bonchev–Trinajstić information content (AvgIpc) is 2.87. The van der Waals surface area contributed by atoms with E-state index in [9.17, 15) is 0 Å². The Morgan fingerprint density at radius 1 is 1.20 bits per heavy atom. The van der Waals surface area contributed by atoms with E-state index in [4.69, 9.17) is 9.31 Å². The van der Waals surface area contributed by atoms with Crippen LogP contribution in [0.2, 0.25) is 0 Å². The normalized spacial score (nSPS) is 30.4. The van der Waals surface area contributed by atoms with Crippen LogP contribution in [0.5, 0.6) is 0 Å². The highest BCUT2D eigenvalue weighted by Gasteiger charge is 2.52. The molecule has 0 bridgehead atoms. The predicted molar refractivity (Wildman–Crippen MR) is 82.2 cm³/mol. The first-order valence-electron chi connectivity index (χ1n) is 7.54. The zero-order valence-corrected chi connectivity index (χ0v) is 13.1. The third-order valence-corrected chi connectivity index (χ3v) is 5.08. The quantitative estimate of drug-likeness (QED) is 0.722. The van der Waals surface area contributed by atoms with Crippen molar-refractivity contribution in [2.24, 2.45) is 0 Å². The van der Waals surface area contributed by atoms with Crippen LogP contribution in [0.15, 0.2) is 35.5 Å². The Hall–Kier alpha value is -0.995. The SMILES string of the molecule is CCN1C=CC2=CC=C(B3OC(C)(C)C(C)(C)O3)CC21. The number of hydrogen-bond donors (Lipinski definition) is 0. The second kappa shape index (κ2) is 4.50. The van der Waals surface area contributed by atoms with Gasteiger partial charge in [0.25, 0.3) is 0 Å². The highest BCUT2D eigenvalue weighted by molar-refractivity contribution is 6.54.